The molecule has 2 amide bonds. The Kier molecular flexibility index (Phi) is 7.93. The Labute approximate surface area is 184 Å². The normalized spacial score (nSPS) is 14.2. The number of likely N-dealkylation sites (tertiary alicyclic amines) is 1. The summed E-state index contributed by atoms with van der Waals surface area (Å²) in [5.74, 6) is 2.08. The molecule has 2 aromatic rings. The van der Waals surface area contributed by atoms with Crippen molar-refractivity contribution in [1.29, 1.82) is 0 Å². The highest BCUT2D eigenvalue weighted by molar-refractivity contribution is 5.95. The number of nitrogens with zero attached hydrogens (tertiary/aromatic N) is 1. The average molecular weight is 425 g/mol. The molecule has 1 fully saturated rings. The summed E-state index contributed by atoms with van der Waals surface area (Å²) in [7, 11) is 3.23. The minimum Gasteiger partial charge on any atom is -0.497 e. The van der Waals surface area contributed by atoms with Crippen LogP contribution >= 0.6 is 0 Å². The zero-order valence-electron chi connectivity index (χ0n) is 18.6. The monoisotopic (exact) mass is 424 g/mol. The van der Waals surface area contributed by atoms with Gasteiger partial charge < -0.3 is 19.7 Å². The van der Waals surface area contributed by atoms with E-state index in [-0.39, 0.29) is 11.8 Å². The number of nitrogens with one attached hydrogen (secondary N) is 1. The minimum absolute atomic E-state index is 0.0308. The molecule has 0 unspecified atom stereocenters. The van der Waals surface area contributed by atoms with Crippen LogP contribution in [0.5, 0.6) is 11.5 Å². The number of methoxy groups -OCH3 is 2. The van der Waals surface area contributed by atoms with Crippen LogP contribution in [0.4, 0.5) is 0 Å². The second-order valence-corrected chi connectivity index (χ2v) is 8.04. The van der Waals surface area contributed by atoms with E-state index < -0.39 is 0 Å². The fourth-order valence-corrected chi connectivity index (χ4v) is 4.05. The molecule has 0 saturated carbocycles. The standard InChI is InChI=1S/C25H32N2O4/c1-18-6-4-5-7-22(18)25(29)27-14-12-19(13-15-27)8-11-24(28)26-17-20-16-21(30-2)9-10-23(20)31-3/h4-7,9-10,16,19H,8,11-15,17H2,1-3H3,(H,26,28). The van der Waals surface area contributed by atoms with Crippen molar-refractivity contribution < 1.29 is 19.1 Å². The number of ether oxygens (including phenoxy) is 2. The number of piperidine rings is 1. The van der Waals surface area contributed by atoms with Gasteiger partial charge in [-0.15, -0.1) is 0 Å². The van der Waals surface area contributed by atoms with Crippen LogP contribution in [0.15, 0.2) is 42.5 Å². The molecule has 6 heteroatoms. The van der Waals surface area contributed by atoms with Gasteiger partial charge in [-0.3, -0.25) is 9.59 Å². The summed E-state index contributed by atoms with van der Waals surface area (Å²) in [6.07, 6.45) is 3.21. The maximum Gasteiger partial charge on any atom is 0.254 e. The lowest BCUT2D eigenvalue weighted by atomic mass is 9.91. The molecule has 0 bridgehead atoms. The summed E-state index contributed by atoms with van der Waals surface area (Å²) in [6.45, 7) is 3.88. The summed E-state index contributed by atoms with van der Waals surface area (Å²) in [4.78, 5) is 27.1. The first-order valence-electron chi connectivity index (χ1n) is 10.8. The van der Waals surface area contributed by atoms with E-state index in [0.717, 1.165) is 60.5 Å². The van der Waals surface area contributed by atoms with Crippen molar-refractivity contribution in [3.05, 3.63) is 59.2 Å². The number of amides is 2. The maximum atomic E-state index is 12.8. The highest BCUT2D eigenvalue weighted by Gasteiger charge is 2.24. The summed E-state index contributed by atoms with van der Waals surface area (Å²) in [6, 6.07) is 13.3. The van der Waals surface area contributed by atoms with Gasteiger partial charge in [0.2, 0.25) is 5.91 Å². The Morgan fingerprint density at radius 1 is 1.06 bits per heavy atom. The summed E-state index contributed by atoms with van der Waals surface area (Å²) in [5.41, 5.74) is 2.69. The van der Waals surface area contributed by atoms with E-state index >= 15 is 0 Å². The number of hydrogen-bond acceptors (Lipinski definition) is 4. The lowest BCUT2D eigenvalue weighted by molar-refractivity contribution is -0.121. The van der Waals surface area contributed by atoms with Crippen molar-refractivity contribution in [3.63, 3.8) is 0 Å². The smallest absolute Gasteiger partial charge is 0.254 e. The molecule has 1 aliphatic heterocycles. The Morgan fingerprint density at radius 3 is 2.48 bits per heavy atom. The first kappa shape index (κ1) is 22.7. The van der Waals surface area contributed by atoms with E-state index in [1.54, 1.807) is 14.2 Å². The molecule has 0 atom stereocenters. The van der Waals surface area contributed by atoms with Gasteiger partial charge in [-0.2, -0.15) is 0 Å². The SMILES string of the molecule is COc1ccc(OC)c(CNC(=O)CCC2CCN(C(=O)c3ccccc3C)CC2)c1. The molecule has 6 nitrogen and oxygen atoms in total. The van der Waals surface area contributed by atoms with E-state index in [4.69, 9.17) is 9.47 Å². The minimum atomic E-state index is 0.0308. The van der Waals surface area contributed by atoms with Gasteiger partial charge >= 0.3 is 0 Å². The zero-order chi connectivity index (χ0) is 22.2. The zero-order valence-corrected chi connectivity index (χ0v) is 18.6. The first-order chi connectivity index (χ1) is 15.0. The van der Waals surface area contributed by atoms with Gasteiger partial charge in [0.15, 0.2) is 0 Å². The van der Waals surface area contributed by atoms with E-state index in [1.165, 1.54) is 0 Å². The predicted octanol–water partition coefficient (Wildman–Crippen LogP) is 3.96. The first-order valence-corrected chi connectivity index (χ1v) is 10.8. The summed E-state index contributed by atoms with van der Waals surface area (Å²) >= 11 is 0. The summed E-state index contributed by atoms with van der Waals surface area (Å²) in [5, 5.41) is 2.98. The van der Waals surface area contributed by atoms with Gasteiger partial charge in [-0.1, -0.05) is 18.2 Å². The van der Waals surface area contributed by atoms with Crippen LogP contribution in [0, 0.1) is 12.8 Å². The fraction of sp³-hybridized carbons (Fsp3) is 0.440. The predicted molar refractivity (Wildman–Crippen MR) is 120 cm³/mol. The Morgan fingerprint density at radius 2 is 1.81 bits per heavy atom. The van der Waals surface area contributed by atoms with Gasteiger partial charge in [0.05, 0.1) is 14.2 Å². The lowest BCUT2D eigenvalue weighted by Gasteiger charge is -2.32. The summed E-state index contributed by atoms with van der Waals surface area (Å²) < 4.78 is 10.6. The molecule has 2 aromatic carbocycles. The van der Waals surface area contributed by atoms with Crippen LogP contribution < -0.4 is 14.8 Å². The van der Waals surface area contributed by atoms with Crippen molar-refractivity contribution in [2.45, 2.75) is 39.2 Å². The number of hydrogen-bond donors (Lipinski definition) is 1. The van der Waals surface area contributed by atoms with E-state index in [1.807, 2.05) is 54.3 Å². The number of rotatable bonds is 8. The van der Waals surface area contributed by atoms with Crippen LogP contribution in [-0.2, 0) is 11.3 Å². The second kappa shape index (κ2) is 10.8. The van der Waals surface area contributed by atoms with Crippen LogP contribution in [0.25, 0.3) is 0 Å². The quantitative estimate of drug-likeness (QED) is 0.697. The van der Waals surface area contributed by atoms with Crippen LogP contribution in [0.2, 0.25) is 0 Å². The molecule has 1 heterocycles. The molecule has 3 rings (SSSR count). The number of carbonyl (C=O) groups is 2. The molecular weight excluding hydrogens is 392 g/mol. The highest BCUT2D eigenvalue weighted by Crippen LogP contribution is 2.25. The highest BCUT2D eigenvalue weighted by atomic mass is 16.5. The van der Waals surface area contributed by atoms with Crippen LogP contribution in [0.1, 0.15) is 47.2 Å². The Balaban J connectivity index is 1.42. The molecule has 1 N–H and O–H groups in total. The fourth-order valence-electron chi connectivity index (χ4n) is 4.05. The van der Waals surface area contributed by atoms with Crippen LogP contribution in [0.3, 0.4) is 0 Å². The lowest BCUT2D eigenvalue weighted by Crippen LogP contribution is -2.39. The maximum absolute atomic E-state index is 12.8. The topological polar surface area (TPSA) is 67.9 Å². The molecule has 0 aliphatic carbocycles. The molecule has 1 saturated heterocycles. The van der Waals surface area contributed by atoms with Gasteiger partial charge in [-0.25, -0.2) is 0 Å². The second-order valence-electron chi connectivity index (χ2n) is 8.04. The van der Waals surface area contributed by atoms with E-state index in [0.29, 0.717) is 18.9 Å². The van der Waals surface area contributed by atoms with Crippen molar-refractivity contribution in [2.24, 2.45) is 5.92 Å². The number of carbonyl (C=O) groups excluding carboxylic acids is 2. The van der Waals surface area contributed by atoms with Gasteiger partial charge in [0.1, 0.15) is 11.5 Å². The van der Waals surface area contributed by atoms with Crippen molar-refractivity contribution in [3.8, 4) is 11.5 Å². The van der Waals surface area contributed by atoms with Crippen LogP contribution in [-0.4, -0.2) is 44.0 Å². The van der Waals surface area contributed by atoms with Crippen molar-refractivity contribution in [1.82, 2.24) is 10.2 Å². The van der Waals surface area contributed by atoms with Gasteiger partial charge in [0.25, 0.3) is 5.91 Å². The Hall–Kier alpha value is -3.02. The van der Waals surface area contributed by atoms with Gasteiger partial charge in [0, 0.05) is 37.2 Å². The Bertz CT molecular complexity index is 904. The van der Waals surface area contributed by atoms with Crippen molar-refractivity contribution >= 4 is 11.8 Å². The molecule has 166 valence electrons. The third-order valence-electron chi connectivity index (χ3n) is 6.02. The third kappa shape index (κ3) is 6.00. The number of benzene rings is 2. The average Bonchev–Trinajstić information content (AvgIpc) is 2.81. The van der Waals surface area contributed by atoms with E-state index in [9.17, 15) is 9.59 Å². The van der Waals surface area contributed by atoms with E-state index in [2.05, 4.69) is 5.32 Å². The molecule has 31 heavy (non-hydrogen) atoms. The third-order valence-corrected chi connectivity index (χ3v) is 6.02. The molecule has 1 aliphatic rings. The molecular formula is C25H32N2O4. The number of aryl methyl sites for hydroxylation is 1. The molecule has 0 aromatic heterocycles. The van der Waals surface area contributed by atoms with Crippen molar-refractivity contribution in [2.75, 3.05) is 27.3 Å². The molecule has 0 spiro atoms. The van der Waals surface area contributed by atoms with Gasteiger partial charge in [-0.05, 0) is 61.9 Å². The largest absolute Gasteiger partial charge is 0.497 e. The molecule has 0 radical (unpaired) electrons.